The fraction of sp³-hybridized carbons (Fsp3) is 0.214. The molecule has 0 amide bonds. The fourth-order valence-electron chi connectivity index (χ4n) is 1.87. The molecule has 1 nitrogen and oxygen atoms in total. The first-order chi connectivity index (χ1) is 7.54. The Kier molecular flexibility index (Phi) is 2.50. The van der Waals surface area contributed by atoms with Crippen LogP contribution >= 0.6 is 0 Å². The van der Waals surface area contributed by atoms with Crippen molar-refractivity contribution >= 4 is 17.1 Å². The highest BCUT2D eigenvalue weighted by Gasteiger charge is 2.21. The van der Waals surface area contributed by atoms with Gasteiger partial charge < -0.3 is 4.79 Å². The molecular weight excluding hydrogens is 203 g/mol. The third-order valence-electron chi connectivity index (χ3n) is 2.83. The zero-order valence-corrected chi connectivity index (χ0v) is 9.33. The largest absolute Gasteiger partial charge is 0.302 e. The Morgan fingerprint density at radius 1 is 1.19 bits per heavy atom. The molecule has 0 aromatic heterocycles. The molecule has 16 heavy (non-hydrogen) atoms. The average Bonchev–Trinajstić information content (AvgIpc) is 2.28. The lowest BCUT2D eigenvalue weighted by Crippen LogP contribution is -2.18. The first kappa shape index (κ1) is 10.8. The molecular formula is C14H13FO. The Morgan fingerprint density at radius 2 is 1.94 bits per heavy atom. The van der Waals surface area contributed by atoms with Gasteiger partial charge in [-0.25, -0.2) is 4.39 Å². The Bertz CT molecular complexity index is 543. The predicted molar refractivity (Wildman–Crippen MR) is 63.0 cm³/mol. The van der Waals surface area contributed by atoms with E-state index in [0.717, 1.165) is 22.6 Å². The van der Waals surface area contributed by atoms with Gasteiger partial charge in [0.05, 0.1) is 0 Å². The summed E-state index contributed by atoms with van der Waals surface area (Å²) in [5, 5.41) is 1.76. The molecule has 0 spiro atoms. The van der Waals surface area contributed by atoms with Gasteiger partial charge in [0.15, 0.2) is 0 Å². The van der Waals surface area contributed by atoms with Crippen molar-refractivity contribution in [2.45, 2.75) is 19.3 Å². The lowest BCUT2D eigenvalue weighted by molar-refractivity contribution is -0.111. The monoisotopic (exact) mass is 216 g/mol. The predicted octanol–water partition coefficient (Wildman–Crippen LogP) is 3.46. The van der Waals surface area contributed by atoms with Gasteiger partial charge in [0, 0.05) is 5.41 Å². The molecule has 0 atom stereocenters. The minimum atomic E-state index is -0.590. The third kappa shape index (κ3) is 1.71. The van der Waals surface area contributed by atoms with Crippen LogP contribution in [0.25, 0.3) is 10.8 Å². The summed E-state index contributed by atoms with van der Waals surface area (Å²) >= 11 is 0. The van der Waals surface area contributed by atoms with Crippen LogP contribution in [0.3, 0.4) is 0 Å². The molecule has 0 heterocycles. The smallest absolute Gasteiger partial charge is 0.129 e. The lowest BCUT2D eigenvalue weighted by atomic mass is 9.83. The molecule has 0 aliphatic heterocycles. The van der Waals surface area contributed by atoms with Crippen molar-refractivity contribution in [2.24, 2.45) is 0 Å². The molecule has 0 bridgehead atoms. The minimum absolute atomic E-state index is 0.276. The van der Waals surface area contributed by atoms with E-state index in [1.807, 2.05) is 32.0 Å². The molecule has 0 aliphatic rings. The van der Waals surface area contributed by atoms with E-state index < -0.39 is 5.41 Å². The number of fused-ring (bicyclic) bond motifs is 1. The molecule has 82 valence electrons. The molecule has 0 saturated carbocycles. The van der Waals surface area contributed by atoms with Crippen LogP contribution in [0.15, 0.2) is 36.4 Å². The summed E-state index contributed by atoms with van der Waals surface area (Å²) < 4.78 is 13.2. The molecule has 0 aliphatic carbocycles. The van der Waals surface area contributed by atoms with Crippen LogP contribution in [0, 0.1) is 5.82 Å². The summed E-state index contributed by atoms with van der Waals surface area (Å²) in [6.45, 7) is 3.67. The second-order valence-electron chi connectivity index (χ2n) is 4.51. The molecule has 2 rings (SSSR count). The van der Waals surface area contributed by atoms with E-state index in [2.05, 4.69) is 0 Å². The summed E-state index contributed by atoms with van der Waals surface area (Å²) in [6, 6.07) is 10.3. The van der Waals surface area contributed by atoms with E-state index in [1.54, 1.807) is 6.07 Å². The SMILES string of the molecule is CC(C)(C=O)c1cccc2ccc(F)cc12. The number of halogens is 1. The molecule has 0 N–H and O–H groups in total. The van der Waals surface area contributed by atoms with Crippen LogP contribution in [0.5, 0.6) is 0 Å². The van der Waals surface area contributed by atoms with Gasteiger partial charge >= 0.3 is 0 Å². The van der Waals surface area contributed by atoms with E-state index in [1.165, 1.54) is 12.1 Å². The molecule has 2 aromatic rings. The Hall–Kier alpha value is -1.70. The maximum absolute atomic E-state index is 13.2. The summed E-state index contributed by atoms with van der Waals surface area (Å²) in [5.41, 5.74) is 0.271. The highest BCUT2D eigenvalue weighted by Crippen LogP contribution is 2.29. The van der Waals surface area contributed by atoms with Gasteiger partial charge in [-0.05, 0) is 42.3 Å². The highest BCUT2D eigenvalue weighted by atomic mass is 19.1. The van der Waals surface area contributed by atoms with Gasteiger partial charge in [-0.1, -0.05) is 24.3 Å². The zero-order valence-electron chi connectivity index (χ0n) is 9.33. The highest BCUT2D eigenvalue weighted by molar-refractivity contribution is 5.89. The maximum Gasteiger partial charge on any atom is 0.129 e. The van der Waals surface area contributed by atoms with Gasteiger partial charge in [0.25, 0.3) is 0 Å². The minimum Gasteiger partial charge on any atom is -0.302 e. The first-order valence-electron chi connectivity index (χ1n) is 5.20. The van der Waals surface area contributed by atoms with Gasteiger partial charge in [-0.2, -0.15) is 0 Å². The number of rotatable bonds is 2. The average molecular weight is 216 g/mol. The van der Waals surface area contributed by atoms with Crippen LogP contribution in [-0.2, 0) is 10.2 Å². The Balaban J connectivity index is 2.79. The molecule has 0 unspecified atom stereocenters. The van der Waals surface area contributed by atoms with Gasteiger partial charge in [-0.3, -0.25) is 0 Å². The first-order valence-corrected chi connectivity index (χ1v) is 5.20. The molecule has 2 heteroatoms. The third-order valence-corrected chi connectivity index (χ3v) is 2.83. The van der Waals surface area contributed by atoms with Crippen LogP contribution in [0.2, 0.25) is 0 Å². The number of benzene rings is 2. The van der Waals surface area contributed by atoms with E-state index >= 15 is 0 Å². The summed E-state index contributed by atoms with van der Waals surface area (Å²) in [6.07, 6.45) is 0.896. The quantitative estimate of drug-likeness (QED) is 0.702. The van der Waals surface area contributed by atoms with Crippen LogP contribution in [0.4, 0.5) is 4.39 Å². The number of carbonyl (C=O) groups excluding carboxylic acids is 1. The standard InChI is InChI=1S/C14H13FO/c1-14(2,9-16)13-5-3-4-10-6-7-11(15)8-12(10)13/h3-9H,1-2H3. The second kappa shape index (κ2) is 3.71. The van der Waals surface area contributed by atoms with Gasteiger partial charge in [0.2, 0.25) is 0 Å². The van der Waals surface area contributed by atoms with Crippen molar-refractivity contribution in [2.75, 3.05) is 0 Å². The maximum atomic E-state index is 13.2. The van der Waals surface area contributed by atoms with Crippen molar-refractivity contribution in [3.05, 3.63) is 47.8 Å². The van der Waals surface area contributed by atoms with Crippen LogP contribution in [-0.4, -0.2) is 6.29 Å². The molecule has 0 saturated heterocycles. The van der Waals surface area contributed by atoms with E-state index in [9.17, 15) is 9.18 Å². The van der Waals surface area contributed by atoms with Crippen molar-refractivity contribution in [3.63, 3.8) is 0 Å². The van der Waals surface area contributed by atoms with Crippen LogP contribution in [0.1, 0.15) is 19.4 Å². The van der Waals surface area contributed by atoms with Crippen molar-refractivity contribution < 1.29 is 9.18 Å². The number of carbonyl (C=O) groups is 1. The topological polar surface area (TPSA) is 17.1 Å². The number of hydrogen-bond acceptors (Lipinski definition) is 1. The number of aldehydes is 1. The van der Waals surface area contributed by atoms with Crippen molar-refractivity contribution in [1.29, 1.82) is 0 Å². The Labute approximate surface area is 93.9 Å². The Morgan fingerprint density at radius 3 is 2.62 bits per heavy atom. The van der Waals surface area contributed by atoms with E-state index in [4.69, 9.17) is 0 Å². The zero-order chi connectivity index (χ0) is 11.8. The van der Waals surface area contributed by atoms with Crippen LogP contribution < -0.4 is 0 Å². The van der Waals surface area contributed by atoms with Crippen molar-refractivity contribution in [1.82, 2.24) is 0 Å². The molecule has 0 fully saturated rings. The second-order valence-corrected chi connectivity index (χ2v) is 4.51. The van der Waals surface area contributed by atoms with E-state index in [-0.39, 0.29) is 5.82 Å². The summed E-state index contributed by atoms with van der Waals surface area (Å²) in [7, 11) is 0. The van der Waals surface area contributed by atoms with Gasteiger partial charge in [0.1, 0.15) is 12.1 Å². The fourth-order valence-corrected chi connectivity index (χ4v) is 1.87. The number of hydrogen-bond donors (Lipinski definition) is 0. The summed E-state index contributed by atoms with van der Waals surface area (Å²) in [5.74, 6) is -0.276. The molecule has 0 radical (unpaired) electrons. The normalized spacial score (nSPS) is 11.7. The lowest BCUT2D eigenvalue weighted by Gasteiger charge is -2.19. The van der Waals surface area contributed by atoms with Gasteiger partial charge in [-0.15, -0.1) is 0 Å². The summed E-state index contributed by atoms with van der Waals surface area (Å²) in [4.78, 5) is 11.1. The van der Waals surface area contributed by atoms with Crippen molar-refractivity contribution in [3.8, 4) is 0 Å². The molecule has 2 aromatic carbocycles. The van der Waals surface area contributed by atoms with E-state index in [0.29, 0.717) is 0 Å².